The molecule has 0 aliphatic carbocycles. The Bertz CT molecular complexity index is 585. The van der Waals surface area contributed by atoms with Gasteiger partial charge in [0.05, 0.1) is 18.1 Å². The zero-order valence-corrected chi connectivity index (χ0v) is 13.1. The van der Waals surface area contributed by atoms with Gasteiger partial charge < -0.3 is 10.1 Å². The summed E-state index contributed by atoms with van der Waals surface area (Å²) in [5.74, 6) is 0.802. The van der Waals surface area contributed by atoms with Crippen molar-refractivity contribution in [3.05, 3.63) is 29.3 Å². The average Bonchev–Trinajstić information content (AvgIpc) is 2.76. The molecule has 0 radical (unpaired) electrons. The Labute approximate surface area is 129 Å². The molecule has 5 nitrogen and oxygen atoms in total. The highest BCUT2D eigenvalue weighted by Gasteiger charge is 2.28. The number of hydrogen-bond donors (Lipinski definition) is 1. The van der Waals surface area contributed by atoms with Crippen LogP contribution in [0.25, 0.3) is 0 Å². The first-order valence-electron chi connectivity index (χ1n) is 6.83. The van der Waals surface area contributed by atoms with E-state index in [4.69, 9.17) is 16.3 Å². The molecule has 0 bridgehead atoms. The van der Waals surface area contributed by atoms with Crippen molar-refractivity contribution >= 4 is 27.3 Å². The highest BCUT2D eigenvalue weighted by atomic mass is 35.5. The second-order valence-electron chi connectivity index (χ2n) is 5.07. The first-order valence-corrected chi connectivity index (χ1v) is 9.03. The molecule has 1 amide bonds. The standard InChI is InChI=1S/C14H18ClNO4S/c15-11-3-5-13(6-4-11)20-8-1-2-14(17)16-12-7-9-21(18,19)10-12/h3-6,12H,1-2,7-10H2,(H,16,17)/t12-/m1/s1. The van der Waals surface area contributed by atoms with E-state index in [1.165, 1.54) is 0 Å². The van der Waals surface area contributed by atoms with Gasteiger partial charge in [-0.25, -0.2) is 8.42 Å². The van der Waals surface area contributed by atoms with Gasteiger partial charge in [0.2, 0.25) is 5.91 Å². The van der Waals surface area contributed by atoms with E-state index in [9.17, 15) is 13.2 Å². The predicted molar refractivity (Wildman–Crippen MR) is 81.4 cm³/mol. The van der Waals surface area contributed by atoms with Crippen LogP contribution in [0.2, 0.25) is 5.02 Å². The molecule has 1 atom stereocenters. The number of amides is 1. The van der Waals surface area contributed by atoms with Gasteiger partial charge >= 0.3 is 0 Å². The number of nitrogens with one attached hydrogen (secondary N) is 1. The number of hydrogen-bond acceptors (Lipinski definition) is 4. The van der Waals surface area contributed by atoms with Crippen LogP contribution in [-0.4, -0.2) is 38.5 Å². The van der Waals surface area contributed by atoms with Gasteiger partial charge in [0.25, 0.3) is 0 Å². The molecule has 1 heterocycles. The lowest BCUT2D eigenvalue weighted by Gasteiger charge is -2.11. The third kappa shape index (κ3) is 5.55. The van der Waals surface area contributed by atoms with Crippen molar-refractivity contribution in [3.63, 3.8) is 0 Å². The Balaban J connectivity index is 1.62. The van der Waals surface area contributed by atoms with Crippen LogP contribution < -0.4 is 10.1 Å². The maximum atomic E-state index is 11.7. The summed E-state index contributed by atoms with van der Waals surface area (Å²) in [6.45, 7) is 0.429. The summed E-state index contributed by atoms with van der Waals surface area (Å²) in [5.41, 5.74) is 0. The summed E-state index contributed by atoms with van der Waals surface area (Å²) in [6, 6.07) is 6.78. The third-order valence-electron chi connectivity index (χ3n) is 3.23. The second kappa shape index (κ2) is 7.13. The van der Waals surface area contributed by atoms with Crippen LogP contribution >= 0.6 is 11.6 Å². The number of benzene rings is 1. The fourth-order valence-corrected chi connectivity index (χ4v) is 3.96. The van der Waals surface area contributed by atoms with Gasteiger partial charge in [-0.1, -0.05) is 11.6 Å². The smallest absolute Gasteiger partial charge is 0.220 e. The lowest BCUT2D eigenvalue weighted by atomic mass is 10.2. The van der Waals surface area contributed by atoms with E-state index >= 15 is 0 Å². The van der Waals surface area contributed by atoms with Crippen LogP contribution in [-0.2, 0) is 14.6 Å². The lowest BCUT2D eigenvalue weighted by molar-refractivity contribution is -0.121. The zero-order valence-electron chi connectivity index (χ0n) is 11.5. The minimum Gasteiger partial charge on any atom is -0.494 e. The first kappa shape index (κ1) is 16.1. The molecule has 1 aromatic carbocycles. The minimum absolute atomic E-state index is 0.0556. The van der Waals surface area contributed by atoms with Gasteiger partial charge in [-0.3, -0.25) is 4.79 Å². The van der Waals surface area contributed by atoms with E-state index in [1.54, 1.807) is 24.3 Å². The van der Waals surface area contributed by atoms with E-state index < -0.39 is 9.84 Å². The topological polar surface area (TPSA) is 72.5 Å². The fraction of sp³-hybridized carbons (Fsp3) is 0.500. The summed E-state index contributed by atoms with van der Waals surface area (Å²) < 4.78 is 28.0. The number of rotatable bonds is 6. The Morgan fingerprint density at radius 2 is 2.05 bits per heavy atom. The summed E-state index contributed by atoms with van der Waals surface area (Å²) in [4.78, 5) is 11.7. The summed E-state index contributed by atoms with van der Waals surface area (Å²) in [7, 11) is -2.96. The Hall–Kier alpha value is -1.27. The highest BCUT2D eigenvalue weighted by Crippen LogP contribution is 2.16. The number of ether oxygens (including phenoxy) is 1. The highest BCUT2D eigenvalue weighted by molar-refractivity contribution is 7.91. The summed E-state index contributed by atoms with van der Waals surface area (Å²) >= 11 is 5.76. The second-order valence-corrected chi connectivity index (χ2v) is 7.74. The number of carbonyl (C=O) groups excluding carboxylic acids is 1. The van der Waals surface area contributed by atoms with Crippen molar-refractivity contribution in [1.29, 1.82) is 0 Å². The molecule has 0 aromatic heterocycles. The molecule has 0 saturated carbocycles. The fourth-order valence-electron chi connectivity index (χ4n) is 2.16. The Morgan fingerprint density at radius 1 is 1.33 bits per heavy atom. The van der Waals surface area contributed by atoms with Crippen molar-refractivity contribution < 1.29 is 17.9 Å². The molecule has 1 fully saturated rings. The van der Waals surface area contributed by atoms with Crippen LogP contribution in [0.3, 0.4) is 0 Å². The van der Waals surface area contributed by atoms with Crippen molar-refractivity contribution in [1.82, 2.24) is 5.32 Å². The molecular weight excluding hydrogens is 314 g/mol. The van der Waals surface area contributed by atoms with Crippen molar-refractivity contribution in [2.75, 3.05) is 18.1 Å². The van der Waals surface area contributed by atoms with Crippen LogP contribution in [0.5, 0.6) is 5.75 Å². The van der Waals surface area contributed by atoms with E-state index in [0.29, 0.717) is 36.6 Å². The Kier molecular flexibility index (Phi) is 5.47. The van der Waals surface area contributed by atoms with E-state index in [1.807, 2.05) is 0 Å². The molecule has 1 N–H and O–H groups in total. The van der Waals surface area contributed by atoms with E-state index in [2.05, 4.69) is 5.32 Å². The van der Waals surface area contributed by atoms with Crippen molar-refractivity contribution in [2.24, 2.45) is 0 Å². The van der Waals surface area contributed by atoms with Gasteiger partial charge in [0.15, 0.2) is 9.84 Å². The molecule has 1 aliphatic heterocycles. The van der Waals surface area contributed by atoms with Crippen LogP contribution in [0, 0.1) is 0 Å². The minimum atomic E-state index is -2.96. The van der Waals surface area contributed by atoms with E-state index in [0.717, 1.165) is 0 Å². The van der Waals surface area contributed by atoms with Gasteiger partial charge in [-0.2, -0.15) is 0 Å². The maximum absolute atomic E-state index is 11.7. The number of carbonyl (C=O) groups is 1. The molecule has 1 aliphatic rings. The largest absolute Gasteiger partial charge is 0.494 e. The van der Waals surface area contributed by atoms with Gasteiger partial charge in [0.1, 0.15) is 5.75 Å². The van der Waals surface area contributed by atoms with Crippen molar-refractivity contribution in [2.45, 2.75) is 25.3 Å². The number of halogens is 1. The first-order chi connectivity index (χ1) is 9.94. The normalized spacial score (nSPS) is 20.1. The molecule has 7 heteroatoms. The summed E-state index contributed by atoms with van der Waals surface area (Å²) in [5, 5.41) is 3.40. The quantitative estimate of drug-likeness (QED) is 0.807. The van der Waals surface area contributed by atoms with Gasteiger partial charge in [0, 0.05) is 17.5 Å². The monoisotopic (exact) mass is 331 g/mol. The zero-order chi connectivity index (χ0) is 15.3. The molecule has 2 rings (SSSR count). The third-order valence-corrected chi connectivity index (χ3v) is 5.25. The molecule has 1 aromatic rings. The van der Waals surface area contributed by atoms with Crippen molar-refractivity contribution in [3.8, 4) is 5.75 Å². The van der Waals surface area contributed by atoms with E-state index in [-0.39, 0.29) is 23.5 Å². The lowest BCUT2D eigenvalue weighted by Crippen LogP contribution is -2.35. The Morgan fingerprint density at radius 3 is 2.67 bits per heavy atom. The van der Waals surface area contributed by atoms with Crippen LogP contribution in [0.15, 0.2) is 24.3 Å². The van der Waals surface area contributed by atoms with Gasteiger partial charge in [-0.15, -0.1) is 0 Å². The molecule has 0 spiro atoms. The molecule has 21 heavy (non-hydrogen) atoms. The SMILES string of the molecule is O=C(CCCOc1ccc(Cl)cc1)N[C@@H]1CCS(=O)(=O)C1. The van der Waals surface area contributed by atoms with Crippen LogP contribution in [0.1, 0.15) is 19.3 Å². The summed E-state index contributed by atoms with van der Waals surface area (Å²) in [6.07, 6.45) is 1.41. The molecule has 0 unspecified atom stereocenters. The maximum Gasteiger partial charge on any atom is 0.220 e. The number of sulfone groups is 1. The molecule has 1 saturated heterocycles. The molecular formula is C14H18ClNO4S. The van der Waals surface area contributed by atoms with Crippen LogP contribution in [0.4, 0.5) is 0 Å². The predicted octanol–water partition coefficient (Wildman–Crippen LogP) is 1.80. The average molecular weight is 332 g/mol. The molecule has 116 valence electrons. The van der Waals surface area contributed by atoms with Gasteiger partial charge in [-0.05, 0) is 37.1 Å².